The van der Waals surface area contributed by atoms with E-state index in [1.165, 1.54) is 18.2 Å². The summed E-state index contributed by atoms with van der Waals surface area (Å²) in [5.74, 6) is -0.114. The summed E-state index contributed by atoms with van der Waals surface area (Å²) in [6, 6.07) is 13.2. The van der Waals surface area contributed by atoms with E-state index in [0.29, 0.717) is 44.7 Å². The third-order valence-corrected chi connectivity index (χ3v) is 6.05. The fraction of sp³-hybridized carbons (Fsp3) is 0.409. The zero-order valence-corrected chi connectivity index (χ0v) is 16.7. The number of carbonyl (C=O) groups is 1. The van der Waals surface area contributed by atoms with Crippen LogP contribution in [-0.2, 0) is 4.79 Å². The summed E-state index contributed by atoms with van der Waals surface area (Å²) < 4.78 is 13.1. The summed E-state index contributed by atoms with van der Waals surface area (Å²) >= 11 is 0. The number of anilines is 2. The Balaban J connectivity index is 1.31. The van der Waals surface area contributed by atoms with Gasteiger partial charge in [0.25, 0.3) is 5.69 Å². The van der Waals surface area contributed by atoms with Crippen LogP contribution in [0, 0.1) is 21.8 Å². The molecule has 2 aliphatic heterocycles. The Morgan fingerprint density at radius 2 is 1.53 bits per heavy atom. The van der Waals surface area contributed by atoms with Gasteiger partial charge in [-0.2, -0.15) is 0 Å². The zero-order chi connectivity index (χ0) is 21.1. The van der Waals surface area contributed by atoms with Crippen molar-refractivity contribution in [3.63, 3.8) is 0 Å². The van der Waals surface area contributed by atoms with Gasteiger partial charge in [0.1, 0.15) is 11.5 Å². The van der Waals surface area contributed by atoms with Gasteiger partial charge in [0, 0.05) is 56.9 Å². The first-order valence-electron chi connectivity index (χ1n) is 10.3. The lowest BCUT2D eigenvalue weighted by atomic mass is 9.94. The Labute approximate surface area is 174 Å². The fourth-order valence-electron chi connectivity index (χ4n) is 4.35. The second-order valence-electron chi connectivity index (χ2n) is 7.80. The maximum Gasteiger partial charge on any atom is 0.292 e. The maximum atomic E-state index is 13.1. The number of nitrogens with zero attached hydrogens (tertiary/aromatic N) is 4. The molecule has 0 bridgehead atoms. The SMILES string of the molecule is O=C(C1CCN(c2ccccc2[N+](=O)[O-])CC1)N1CCN(c2ccc(F)cc2)CC1. The van der Waals surface area contributed by atoms with Crippen LogP contribution in [0.25, 0.3) is 0 Å². The molecule has 8 heteroatoms. The molecule has 0 saturated carbocycles. The summed E-state index contributed by atoms with van der Waals surface area (Å²) in [6.07, 6.45) is 1.39. The number of hydrogen-bond donors (Lipinski definition) is 0. The van der Waals surface area contributed by atoms with E-state index < -0.39 is 0 Å². The quantitative estimate of drug-likeness (QED) is 0.569. The van der Waals surface area contributed by atoms with Crippen molar-refractivity contribution >= 4 is 23.0 Å². The van der Waals surface area contributed by atoms with Crippen LogP contribution < -0.4 is 9.80 Å². The molecule has 158 valence electrons. The van der Waals surface area contributed by atoms with Gasteiger partial charge in [0.05, 0.1) is 4.92 Å². The molecule has 2 aromatic carbocycles. The Morgan fingerprint density at radius 3 is 2.17 bits per heavy atom. The highest BCUT2D eigenvalue weighted by Gasteiger charge is 2.32. The average molecular weight is 412 g/mol. The highest BCUT2D eigenvalue weighted by atomic mass is 19.1. The Kier molecular flexibility index (Phi) is 5.83. The van der Waals surface area contributed by atoms with E-state index >= 15 is 0 Å². The van der Waals surface area contributed by atoms with Gasteiger partial charge in [-0.05, 0) is 43.2 Å². The third-order valence-electron chi connectivity index (χ3n) is 6.05. The van der Waals surface area contributed by atoms with E-state index in [-0.39, 0.29) is 28.3 Å². The number of piperidine rings is 1. The van der Waals surface area contributed by atoms with Crippen LogP contribution in [0.15, 0.2) is 48.5 Å². The number of rotatable bonds is 4. The molecule has 30 heavy (non-hydrogen) atoms. The number of benzene rings is 2. The number of nitro groups is 1. The average Bonchev–Trinajstić information content (AvgIpc) is 2.79. The van der Waals surface area contributed by atoms with E-state index in [4.69, 9.17) is 0 Å². The minimum atomic E-state index is -0.354. The van der Waals surface area contributed by atoms with Crippen LogP contribution in [0.1, 0.15) is 12.8 Å². The van der Waals surface area contributed by atoms with Crippen LogP contribution >= 0.6 is 0 Å². The topological polar surface area (TPSA) is 69.9 Å². The molecule has 2 aromatic rings. The molecule has 0 radical (unpaired) electrons. The third kappa shape index (κ3) is 4.22. The minimum absolute atomic E-state index is 0.0404. The number of amides is 1. The summed E-state index contributed by atoms with van der Waals surface area (Å²) in [6.45, 7) is 4.04. The number of piperazine rings is 1. The second-order valence-corrected chi connectivity index (χ2v) is 7.80. The lowest BCUT2D eigenvalue weighted by Crippen LogP contribution is -2.51. The first kappa shape index (κ1) is 20.1. The van der Waals surface area contributed by atoms with Gasteiger partial charge in [0.2, 0.25) is 5.91 Å². The van der Waals surface area contributed by atoms with Gasteiger partial charge >= 0.3 is 0 Å². The number of para-hydroxylation sites is 2. The van der Waals surface area contributed by atoms with Crippen LogP contribution in [0.5, 0.6) is 0 Å². The highest BCUT2D eigenvalue weighted by Crippen LogP contribution is 2.31. The molecule has 4 rings (SSSR count). The lowest BCUT2D eigenvalue weighted by molar-refractivity contribution is -0.384. The highest BCUT2D eigenvalue weighted by molar-refractivity contribution is 5.79. The van der Waals surface area contributed by atoms with Crippen molar-refractivity contribution in [2.24, 2.45) is 5.92 Å². The van der Waals surface area contributed by atoms with Crippen LogP contribution in [0.4, 0.5) is 21.5 Å². The molecular weight excluding hydrogens is 387 g/mol. The molecule has 2 heterocycles. The van der Waals surface area contributed by atoms with E-state index in [9.17, 15) is 19.3 Å². The number of carbonyl (C=O) groups excluding carboxylic acids is 1. The first-order chi connectivity index (χ1) is 14.5. The van der Waals surface area contributed by atoms with Gasteiger partial charge in [-0.3, -0.25) is 14.9 Å². The van der Waals surface area contributed by atoms with E-state index in [0.717, 1.165) is 18.8 Å². The van der Waals surface area contributed by atoms with Crippen molar-refractivity contribution < 1.29 is 14.1 Å². The molecule has 2 aliphatic rings. The summed E-state index contributed by atoms with van der Waals surface area (Å²) in [5.41, 5.74) is 1.71. The molecule has 2 saturated heterocycles. The lowest BCUT2D eigenvalue weighted by Gasteiger charge is -2.39. The molecule has 0 atom stereocenters. The molecule has 0 N–H and O–H groups in total. The predicted molar refractivity (Wildman–Crippen MR) is 113 cm³/mol. The van der Waals surface area contributed by atoms with Crippen molar-refractivity contribution in [1.29, 1.82) is 0 Å². The van der Waals surface area contributed by atoms with E-state index in [1.807, 2.05) is 9.80 Å². The Bertz CT molecular complexity index is 905. The smallest absolute Gasteiger partial charge is 0.292 e. The largest absolute Gasteiger partial charge is 0.368 e. The maximum absolute atomic E-state index is 13.1. The van der Waals surface area contributed by atoms with Gasteiger partial charge in [-0.15, -0.1) is 0 Å². The van der Waals surface area contributed by atoms with Crippen LogP contribution in [0.2, 0.25) is 0 Å². The Morgan fingerprint density at radius 1 is 0.900 bits per heavy atom. The van der Waals surface area contributed by atoms with Crippen LogP contribution in [-0.4, -0.2) is 55.0 Å². The second kappa shape index (κ2) is 8.69. The standard InChI is InChI=1S/C22H25FN4O3/c23-18-5-7-19(8-6-18)24-13-15-26(16-14-24)22(28)17-9-11-25(12-10-17)20-3-1-2-4-21(20)27(29)30/h1-8,17H,9-16H2. The molecular formula is C22H25FN4O3. The van der Waals surface area contributed by atoms with Gasteiger partial charge in [0.15, 0.2) is 0 Å². The first-order valence-corrected chi connectivity index (χ1v) is 10.3. The predicted octanol–water partition coefficient (Wildman–Crippen LogP) is 3.30. The van der Waals surface area contributed by atoms with Gasteiger partial charge in [-0.25, -0.2) is 4.39 Å². The summed E-state index contributed by atoms with van der Waals surface area (Å²) in [7, 11) is 0. The number of hydrogen-bond acceptors (Lipinski definition) is 5. The zero-order valence-electron chi connectivity index (χ0n) is 16.7. The molecule has 0 aliphatic carbocycles. The monoisotopic (exact) mass is 412 g/mol. The number of nitro benzene ring substituents is 1. The normalized spacial score (nSPS) is 17.8. The van der Waals surface area contributed by atoms with Crippen molar-refractivity contribution in [2.45, 2.75) is 12.8 Å². The molecule has 1 amide bonds. The van der Waals surface area contributed by atoms with E-state index in [1.54, 1.807) is 30.3 Å². The summed E-state index contributed by atoms with van der Waals surface area (Å²) in [4.78, 5) is 30.0. The molecule has 0 unspecified atom stereocenters. The molecule has 0 aromatic heterocycles. The van der Waals surface area contributed by atoms with Crippen molar-refractivity contribution in [1.82, 2.24) is 4.90 Å². The van der Waals surface area contributed by atoms with Crippen molar-refractivity contribution in [2.75, 3.05) is 49.1 Å². The minimum Gasteiger partial charge on any atom is -0.368 e. The van der Waals surface area contributed by atoms with Gasteiger partial charge in [-0.1, -0.05) is 12.1 Å². The van der Waals surface area contributed by atoms with Crippen LogP contribution in [0.3, 0.4) is 0 Å². The van der Waals surface area contributed by atoms with Crippen molar-refractivity contribution in [3.8, 4) is 0 Å². The molecule has 7 nitrogen and oxygen atoms in total. The summed E-state index contributed by atoms with van der Waals surface area (Å²) in [5, 5.41) is 11.3. The molecule has 2 fully saturated rings. The van der Waals surface area contributed by atoms with Crippen molar-refractivity contribution in [3.05, 3.63) is 64.5 Å². The fourth-order valence-corrected chi connectivity index (χ4v) is 4.35. The Hall–Kier alpha value is -3.16. The number of halogens is 1. The van der Waals surface area contributed by atoms with E-state index in [2.05, 4.69) is 4.90 Å². The van der Waals surface area contributed by atoms with Gasteiger partial charge < -0.3 is 14.7 Å². The molecule has 0 spiro atoms.